The number of aryl methyl sites for hydroxylation is 1. The van der Waals surface area contributed by atoms with Crippen LogP contribution in [-0.4, -0.2) is 28.6 Å². The van der Waals surface area contributed by atoms with Gasteiger partial charge in [0.1, 0.15) is 5.76 Å². The number of benzene rings is 1. The first-order valence-corrected chi connectivity index (χ1v) is 9.53. The summed E-state index contributed by atoms with van der Waals surface area (Å²) in [5.41, 5.74) is 3.21. The minimum Gasteiger partial charge on any atom is -0.452 e. The maximum absolute atomic E-state index is 12.0. The number of carbonyl (C=O) groups excluding carboxylic acids is 2. The summed E-state index contributed by atoms with van der Waals surface area (Å²) in [6.07, 6.45) is 0. The molecule has 7 nitrogen and oxygen atoms in total. The Kier molecular flexibility index (Phi) is 6.03. The van der Waals surface area contributed by atoms with Gasteiger partial charge in [0.25, 0.3) is 5.91 Å². The Bertz CT molecular complexity index is 876. The summed E-state index contributed by atoms with van der Waals surface area (Å²) in [7, 11) is 0. The van der Waals surface area contributed by atoms with Crippen LogP contribution in [0.4, 0.5) is 5.82 Å². The van der Waals surface area contributed by atoms with Crippen LogP contribution >= 0.6 is 23.1 Å². The third-order valence-electron chi connectivity index (χ3n) is 3.19. The Morgan fingerprint density at radius 3 is 2.77 bits per heavy atom. The molecule has 0 bridgehead atoms. The summed E-state index contributed by atoms with van der Waals surface area (Å²) in [5, 5.41) is 8.12. The highest BCUT2D eigenvalue weighted by Gasteiger charge is 2.12. The van der Waals surface area contributed by atoms with Crippen LogP contribution in [0.5, 0.6) is 0 Å². The molecular weight excluding hydrogens is 374 g/mol. The fraction of sp³-hybridized carbons (Fsp3) is 0.176. The van der Waals surface area contributed by atoms with E-state index in [9.17, 15) is 9.59 Å². The van der Waals surface area contributed by atoms with Crippen LogP contribution < -0.4 is 5.32 Å². The van der Waals surface area contributed by atoms with E-state index in [4.69, 9.17) is 9.26 Å². The molecule has 9 heteroatoms. The SMILES string of the molecule is Cc1cc(NC(=O)COC(=O)c2ccc(SCc3cscn3)cc2)no1. The molecule has 0 spiro atoms. The standard InChI is InChI=1S/C17H15N3O4S2/c1-11-6-15(20-24-11)19-16(21)7-23-17(22)12-2-4-14(5-3-12)26-9-13-8-25-10-18-13/h2-6,8,10H,7,9H2,1H3,(H,19,20,21). The number of thioether (sulfide) groups is 1. The van der Waals surface area contributed by atoms with Crippen molar-refractivity contribution in [2.45, 2.75) is 17.6 Å². The number of amides is 1. The van der Waals surface area contributed by atoms with Crippen LogP contribution in [0.25, 0.3) is 0 Å². The quantitative estimate of drug-likeness (QED) is 0.488. The van der Waals surface area contributed by atoms with E-state index < -0.39 is 18.5 Å². The lowest BCUT2D eigenvalue weighted by Gasteiger charge is -2.05. The Labute approximate surface area is 157 Å². The highest BCUT2D eigenvalue weighted by Crippen LogP contribution is 2.23. The van der Waals surface area contributed by atoms with Crippen molar-refractivity contribution < 1.29 is 18.8 Å². The van der Waals surface area contributed by atoms with Gasteiger partial charge in [0, 0.05) is 22.1 Å². The molecule has 0 saturated heterocycles. The molecule has 1 amide bonds. The summed E-state index contributed by atoms with van der Waals surface area (Å²) in [6, 6.07) is 8.59. The molecule has 3 rings (SSSR count). The average molecular weight is 389 g/mol. The number of nitrogens with one attached hydrogen (secondary N) is 1. The van der Waals surface area contributed by atoms with Gasteiger partial charge in [-0.3, -0.25) is 4.79 Å². The highest BCUT2D eigenvalue weighted by atomic mass is 32.2. The lowest BCUT2D eigenvalue weighted by Crippen LogP contribution is -2.21. The Hall–Kier alpha value is -2.65. The minimum absolute atomic E-state index is 0.282. The van der Waals surface area contributed by atoms with E-state index in [2.05, 4.69) is 15.5 Å². The van der Waals surface area contributed by atoms with Crippen LogP contribution in [0.2, 0.25) is 0 Å². The number of thiazole rings is 1. The van der Waals surface area contributed by atoms with E-state index in [1.54, 1.807) is 53.7 Å². The van der Waals surface area contributed by atoms with E-state index in [1.165, 1.54) is 0 Å². The summed E-state index contributed by atoms with van der Waals surface area (Å²) < 4.78 is 9.84. The number of carbonyl (C=O) groups is 2. The number of aromatic nitrogens is 2. The molecule has 134 valence electrons. The number of esters is 1. The van der Waals surface area contributed by atoms with E-state index in [0.29, 0.717) is 11.3 Å². The lowest BCUT2D eigenvalue weighted by atomic mass is 10.2. The first-order valence-electron chi connectivity index (χ1n) is 7.60. The smallest absolute Gasteiger partial charge is 0.338 e. The Morgan fingerprint density at radius 2 is 2.12 bits per heavy atom. The second-order valence-electron chi connectivity index (χ2n) is 5.24. The third kappa shape index (κ3) is 5.17. The van der Waals surface area contributed by atoms with Gasteiger partial charge in [-0.05, 0) is 31.2 Å². The fourth-order valence-electron chi connectivity index (χ4n) is 1.97. The molecule has 0 unspecified atom stereocenters. The van der Waals surface area contributed by atoms with Crippen molar-refractivity contribution in [1.82, 2.24) is 10.1 Å². The molecule has 0 saturated carbocycles. The molecule has 0 fully saturated rings. The number of anilines is 1. The molecular formula is C17H15N3O4S2. The monoisotopic (exact) mass is 389 g/mol. The van der Waals surface area contributed by atoms with E-state index in [-0.39, 0.29) is 5.82 Å². The molecule has 3 aromatic rings. The van der Waals surface area contributed by atoms with Crippen molar-refractivity contribution in [2.75, 3.05) is 11.9 Å². The van der Waals surface area contributed by atoms with Crippen LogP contribution in [-0.2, 0) is 15.3 Å². The van der Waals surface area contributed by atoms with Crippen molar-refractivity contribution in [2.24, 2.45) is 0 Å². The van der Waals surface area contributed by atoms with Crippen LogP contribution in [0.15, 0.2) is 50.6 Å². The van der Waals surface area contributed by atoms with Crippen molar-refractivity contribution in [1.29, 1.82) is 0 Å². The molecule has 1 N–H and O–H groups in total. The zero-order chi connectivity index (χ0) is 18.4. The van der Waals surface area contributed by atoms with Gasteiger partial charge in [0.15, 0.2) is 12.4 Å². The highest BCUT2D eigenvalue weighted by molar-refractivity contribution is 7.98. The van der Waals surface area contributed by atoms with Gasteiger partial charge >= 0.3 is 5.97 Å². The predicted molar refractivity (Wildman–Crippen MR) is 98.3 cm³/mol. The molecule has 1 aromatic carbocycles. The van der Waals surface area contributed by atoms with Gasteiger partial charge in [-0.1, -0.05) is 5.16 Å². The zero-order valence-corrected chi connectivity index (χ0v) is 15.4. The summed E-state index contributed by atoms with van der Waals surface area (Å²) in [5.74, 6) is 0.583. The van der Waals surface area contributed by atoms with Gasteiger partial charge in [-0.15, -0.1) is 23.1 Å². The fourth-order valence-corrected chi connectivity index (χ4v) is 3.44. The second-order valence-corrected chi connectivity index (χ2v) is 7.01. The van der Waals surface area contributed by atoms with Gasteiger partial charge in [-0.25, -0.2) is 9.78 Å². The van der Waals surface area contributed by atoms with Crippen LogP contribution in [0.1, 0.15) is 21.8 Å². The number of nitrogens with zero attached hydrogens (tertiary/aromatic N) is 2. The molecule has 0 aliphatic carbocycles. The lowest BCUT2D eigenvalue weighted by molar-refractivity contribution is -0.119. The van der Waals surface area contributed by atoms with Crippen molar-refractivity contribution in [3.05, 3.63) is 58.2 Å². The van der Waals surface area contributed by atoms with Crippen LogP contribution in [0, 0.1) is 6.92 Å². The van der Waals surface area contributed by atoms with E-state index in [0.717, 1.165) is 16.3 Å². The zero-order valence-electron chi connectivity index (χ0n) is 13.8. The maximum atomic E-state index is 12.0. The molecule has 0 radical (unpaired) electrons. The molecule has 2 heterocycles. The second kappa shape index (κ2) is 8.63. The third-order valence-corrected chi connectivity index (χ3v) is 4.87. The van der Waals surface area contributed by atoms with Gasteiger partial charge in [-0.2, -0.15) is 0 Å². The van der Waals surface area contributed by atoms with E-state index >= 15 is 0 Å². The van der Waals surface area contributed by atoms with Crippen LogP contribution in [0.3, 0.4) is 0 Å². The summed E-state index contributed by atoms with van der Waals surface area (Å²) in [4.78, 5) is 29.0. The Morgan fingerprint density at radius 1 is 1.31 bits per heavy atom. The molecule has 0 atom stereocenters. The predicted octanol–water partition coefficient (Wildman–Crippen LogP) is 3.53. The summed E-state index contributed by atoms with van der Waals surface area (Å²) >= 11 is 3.20. The first kappa shape index (κ1) is 18.2. The number of hydrogen-bond acceptors (Lipinski definition) is 8. The normalized spacial score (nSPS) is 10.5. The summed E-state index contributed by atoms with van der Waals surface area (Å²) in [6.45, 7) is 1.31. The Balaban J connectivity index is 1.46. The van der Waals surface area contributed by atoms with Crippen molar-refractivity contribution >= 4 is 40.8 Å². The topological polar surface area (TPSA) is 94.3 Å². The molecule has 26 heavy (non-hydrogen) atoms. The average Bonchev–Trinajstić information content (AvgIpc) is 3.30. The van der Waals surface area contributed by atoms with Crippen molar-refractivity contribution in [3.8, 4) is 0 Å². The number of ether oxygens (including phenoxy) is 1. The molecule has 0 aliphatic rings. The number of rotatable bonds is 7. The van der Waals surface area contributed by atoms with E-state index in [1.807, 2.05) is 17.5 Å². The van der Waals surface area contributed by atoms with Crippen molar-refractivity contribution in [3.63, 3.8) is 0 Å². The molecule has 2 aromatic heterocycles. The van der Waals surface area contributed by atoms with Gasteiger partial charge in [0.05, 0.1) is 16.8 Å². The minimum atomic E-state index is -0.562. The maximum Gasteiger partial charge on any atom is 0.338 e. The van der Waals surface area contributed by atoms with Gasteiger partial charge < -0.3 is 14.6 Å². The number of hydrogen-bond donors (Lipinski definition) is 1. The van der Waals surface area contributed by atoms with Gasteiger partial charge in [0.2, 0.25) is 0 Å². The largest absolute Gasteiger partial charge is 0.452 e. The molecule has 0 aliphatic heterocycles. The first-order chi connectivity index (χ1) is 12.6.